The van der Waals surface area contributed by atoms with E-state index in [1.807, 2.05) is 45.9 Å². The van der Waals surface area contributed by atoms with Gasteiger partial charge in [-0.05, 0) is 52.0 Å². The van der Waals surface area contributed by atoms with Gasteiger partial charge in [-0.25, -0.2) is 4.98 Å². The Labute approximate surface area is 179 Å². The molecule has 2 aromatic carbocycles. The number of amides is 1. The van der Waals surface area contributed by atoms with Crippen LogP contribution in [0.1, 0.15) is 38.1 Å². The summed E-state index contributed by atoms with van der Waals surface area (Å²) in [5.74, 6) is 1.83. The maximum Gasteiger partial charge on any atom is 0.257 e. The number of anilines is 1. The van der Waals surface area contributed by atoms with Gasteiger partial charge >= 0.3 is 0 Å². The fourth-order valence-corrected chi connectivity index (χ4v) is 3.82. The molecule has 0 bridgehead atoms. The molecular weight excluding hydrogens is 404 g/mol. The number of aromatic nitrogens is 1. The predicted octanol–water partition coefficient (Wildman–Crippen LogP) is 5.14. The van der Waals surface area contributed by atoms with Crippen molar-refractivity contribution in [3.05, 3.63) is 35.9 Å². The Bertz CT molecular complexity index is 991. The third-order valence-electron chi connectivity index (χ3n) is 4.07. The molecule has 160 valence electrons. The summed E-state index contributed by atoms with van der Waals surface area (Å²) in [6.07, 6.45) is 0. The standard InChI is InChI=1S/C22H26N2O5S/c1-5-26-15-10-9-11-18-19(15)23-22(30-18)24-21(25)14-12-16(27-6-2)20(29-8-4)17(13-14)28-7-3/h9-13H,5-8H2,1-4H3,(H,23,24,25). The van der Waals surface area contributed by atoms with Gasteiger partial charge in [0.25, 0.3) is 5.91 Å². The van der Waals surface area contributed by atoms with Gasteiger partial charge in [-0.2, -0.15) is 0 Å². The van der Waals surface area contributed by atoms with Crippen molar-refractivity contribution in [3.63, 3.8) is 0 Å². The molecule has 0 aliphatic rings. The number of carbonyl (C=O) groups excluding carboxylic acids is 1. The van der Waals surface area contributed by atoms with Crippen molar-refractivity contribution in [1.29, 1.82) is 0 Å². The van der Waals surface area contributed by atoms with Gasteiger partial charge in [0, 0.05) is 5.56 Å². The summed E-state index contributed by atoms with van der Waals surface area (Å²) in [7, 11) is 0. The first-order valence-electron chi connectivity index (χ1n) is 10.0. The number of rotatable bonds is 10. The number of fused-ring (bicyclic) bond motifs is 1. The number of para-hydroxylation sites is 1. The molecule has 0 radical (unpaired) electrons. The summed E-state index contributed by atoms with van der Waals surface area (Å²) in [5.41, 5.74) is 1.13. The second-order valence-corrected chi connectivity index (χ2v) is 7.14. The van der Waals surface area contributed by atoms with Gasteiger partial charge in [-0.15, -0.1) is 0 Å². The van der Waals surface area contributed by atoms with Crippen LogP contribution in [-0.2, 0) is 0 Å². The molecule has 7 nitrogen and oxygen atoms in total. The molecule has 0 spiro atoms. The van der Waals surface area contributed by atoms with E-state index in [-0.39, 0.29) is 5.91 Å². The van der Waals surface area contributed by atoms with Gasteiger partial charge in [0.1, 0.15) is 11.3 Å². The Kier molecular flexibility index (Phi) is 7.35. The highest BCUT2D eigenvalue weighted by Crippen LogP contribution is 2.39. The number of carbonyl (C=O) groups is 1. The Balaban J connectivity index is 1.92. The zero-order chi connectivity index (χ0) is 21.5. The minimum absolute atomic E-state index is 0.308. The first-order chi connectivity index (χ1) is 14.6. The van der Waals surface area contributed by atoms with Crippen molar-refractivity contribution >= 4 is 32.6 Å². The molecule has 0 atom stereocenters. The van der Waals surface area contributed by atoms with Crippen LogP contribution in [0, 0.1) is 0 Å². The van der Waals surface area contributed by atoms with Gasteiger partial charge < -0.3 is 18.9 Å². The molecule has 0 aliphatic heterocycles. The lowest BCUT2D eigenvalue weighted by molar-refractivity contribution is 0.102. The van der Waals surface area contributed by atoms with Crippen molar-refractivity contribution in [2.75, 3.05) is 31.7 Å². The van der Waals surface area contributed by atoms with Gasteiger partial charge in [0.05, 0.1) is 31.1 Å². The third kappa shape index (κ3) is 4.76. The molecule has 0 aliphatic carbocycles. The van der Waals surface area contributed by atoms with Crippen LogP contribution in [0.15, 0.2) is 30.3 Å². The van der Waals surface area contributed by atoms with E-state index in [0.29, 0.717) is 60.1 Å². The Morgan fingerprint density at radius 3 is 2.10 bits per heavy atom. The highest BCUT2D eigenvalue weighted by Gasteiger charge is 2.19. The molecule has 3 aromatic rings. The van der Waals surface area contributed by atoms with E-state index in [0.717, 1.165) is 10.2 Å². The lowest BCUT2D eigenvalue weighted by Gasteiger charge is -2.16. The summed E-state index contributed by atoms with van der Waals surface area (Å²) in [5, 5.41) is 3.36. The number of nitrogens with zero attached hydrogens (tertiary/aromatic N) is 1. The smallest absolute Gasteiger partial charge is 0.257 e. The number of ether oxygens (including phenoxy) is 4. The summed E-state index contributed by atoms with van der Waals surface area (Å²) in [6, 6.07) is 9.04. The minimum Gasteiger partial charge on any atom is -0.492 e. The third-order valence-corrected chi connectivity index (χ3v) is 5.01. The largest absolute Gasteiger partial charge is 0.492 e. The lowest BCUT2D eigenvalue weighted by Crippen LogP contribution is -2.13. The second-order valence-electron chi connectivity index (χ2n) is 6.11. The molecule has 3 rings (SSSR count). The van der Waals surface area contributed by atoms with Crippen molar-refractivity contribution in [1.82, 2.24) is 4.98 Å². The summed E-state index contributed by atoms with van der Waals surface area (Å²) < 4.78 is 23.6. The fourth-order valence-electron chi connectivity index (χ4n) is 2.94. The SMILES string of the molecule is CCOc1cc(C(=O)Nc2nc3c(OCC)cccc3s2)cc(OCC)c1OCC. The Hall–Kier alpha value is -3.00. The second kappa shape index (κ2) is 10.2. The topological polar surface area (TPSA) is 78.9 Å². The normalized spacial score (nSPS) is 10.7. The molecule has 0 saturated heterocycles. The molecule has 1 heterocycles. The molecule has 1 N–H and O–H groups in total. The average Bonchev–Trinajstić information content (AvgIpc) is 3.14. The maximum absolute atomic E-state index is 13.0. The fraction of sp³-hybridized carbons (Fsp3) is 0.364. The van der Waals surface area contributed by atoms with E-state index >= 15 is 0 Å². The quantitative estimate of drug-likeness (QED) is 0.480. The van der Waals surface area contributed by atoms with Gasteiger partial charge in [-0.3, -0.25) is 10.1 Å². The zero-order valence-electron chi connectivity index (χ0n) is 17.6. The molecule has 0 fully saturated rings. The van der Waals surface area contributed by atoms with E-state index in [1.165, 1.54) is 11.3 Å². The number of thiazole rings is 1. The Morgan fingerprint density at radius 2 is 1.50 bits per heavy atom. The summed E-state index contributed by atoms with van der Waals surface area (Å²) in [4.78, 5) is 17.5. The average molecular weight is 431 g/mol. The molecule has 0 unspecified atom stereocenters. The molecule has 8 heteroatoms. The van der Waals surface area contributed by atoms with Crippen LogP contribution in [0.2, 0.25) is 0 Å². The van der Waals surface area contributed by atoms with Crippen LogP contribution in [0.4, 0.5) is 5.13 Å². The van der Waals surface area contributed by atoms with E-state index in [1.54, 1.807) is 12.1 Å². The van der Waals surface area contributed by atoms with Crippen LogP contribution in [-0.4, -0.2) is 37.3 Å². The van der Waals surface area contributed by atoms with Gasteiger partial charge in [-0.1, -0.05) is 17.4 Å². The molecule has 30 heavy (non-hydrogen) atoms. The van der Waals surface area contributed by atoms with Crippen LogP contribution >= 0.6 is 11.3 Å². The van der Waals surface area contributed by atoms with Crippen molar-refractivity contribution in [2.45, 2.75) is 27.7 Å². The number of hydrogen-bond acceptors (Lipinski definition) is 7. The van der Waals surface area contributed by atoms with Gasteiger partial charge in [0.2, 0.25) is 5.75 Å². The highest BCUT2D eigenvalue weighted by molar-refractivity contribution is 7.22. The monoisotopic (exact) mass is 430 g/mol. The number of hydrogen-bond donors (Lipinski definition) is 1. The molecule has 1 amide bonds. The summed E-state index contributed by atoms with van der Waals surface area (Å²) in [6.45, 7) is 9.44. The van der Waals surface area contributed by atoms with Crippen LogP contribution in [0.3, 0.4) is 0 Å². The zero-order valence-corrected chi connectivity index (χ0v) is 18.4. The van der Waals surface area contributed by atoms with E-state index in [4.69, 9.17) is 18.9 Å². The van der Waals surface area contributed by atoms with Crippen molar-refractivity contribution < 1.29 is 23.7 Å². The number of benzene rings is 2. The first-order valence-corrected chi connectivity index (χ1v) is 10.8. The predicted molar refractivity (Wildman–Crippen MR) is 119 cm³/mol. The van der Waals surface area contributed by atoms with E-state index in [2.05, 4.69) is 10.3 Å². The van der Waals surface area contributed by atoms with Crippen LogP contribution in [0.5, 0.6) is 23.0 Å². The summed E-state index contributed by atoms with van der Waals surface area (Å²) >= 11 is 1.39. The Morgan fingerprint density at radius 1 is 0.900 bits per heavy atom. The molecular formula is C22H26N2O5S. The number of nitrogens with one attached hydrogen (secondary N) is 1. The van der Waals surface area contributed by atoms with E-state index in [9.17, 15) is 4.79 Å². The lowest BCUT2D eigenvalue weighted by atomic mass is 10.1. The minimum atomic E-state index is -0.308. The molecule has 1 aromatic heterocycles. The van der Waals surface area contributed by atoms with Crippen LogP contribution < -0.4 is 24.3 Å². The van der Waals surface area contributed by atoms with Crippen LogP contribution in [0.25, 0.3) is 10.2 Å². The maximum atomic E-state index is 13.0. The van der Waals surface area contributed by atoms with Crippen molar-refractivity contribution in [2.24, 2.45) is 0 Å². The van der Waals surface area contributed by atoms with Gasteiger partial charge in [0.15, 0.2) is 16.6 Å². The van der Waals surface area contributed by atoms with Crippen molar-refractivity contribution in [3.8, 4) is 23.0 Å². The highest BCUT2D eigenvalue weighted by atomic mass is 32.1. The van der Waals surface area contributed by atoms with E-state index < -0.39 is 0 Å². The molecule has 0 saturated carbocycles. The first kappa shape index (κ1) is 21.7.